The lowest BCUT2D eigenvalue weighted by Crippen LogP contribution is -2.49. The van der Waals surface area contributed by atoms with Crippen molar-refractivity contribution in [2.75, 3.05) is 26.2 Å². The normalized spacial score (nSPS) is 26.0. The number of hydrogen-bond acceptors (Lipinski definition) is 3. The van der Waals surface area contributed by atoms with Crippen LogP contribution >= 0.6 is 0 Å². The molecule has 1 saturated carbocycles. The molecule has 1 aromatic rings. The summed E-state index contributed by atoms with van der Waals surface area (Å²) in [7, 11) is 0. The van der Waals surface area contributed by atoms with Gasteiger partial charge in [-0.05, 0) is 44.6 Å². The van der Waals surface area contributed by atoms with Crippen molar-refractivity contribution >= 4 is 6.03 Å². The summed E-state index contributed by atoms with van der Waals surface area (Å²) < 4.78 is 2.21. The van der Waals surface area contributed by atoms with Gasteiger partial charge in [-0.15, -0.1) is 0 Å². The van der Waals surface area contributed by atoms with Gasteiger partial charge in [-0.1, -0.05) is 0 Å². The minimum absolute atomic E-state index is 0.0211. The number of nitrogens with zero attached hydrogens (tertiary/aromatic N) is 4. The highest BCUT2D eigenvalue weighted by molar-refractivity contribution is 5.75. The van der Waals surface area contributed by atoms with Crippen molar-refractivity contribution in [1.29, 1.82) is 0 Å². The van der Waals surface area contributed by atoms with Crippen molar-refractivity contribution in [2.45, 2.75) is 56.5 Å². The average Bonchev–Trinajstić information content (AvgIpc) is 3.14. The molecular formula is C17H26N4O2. The standard InChI is InChI=1S/C17H26N4O2/c22-12-15-2-1-9-20(15)17(23)19-10-6-14(7-11-19)21-16(5-8-18-21)13-3-4-13/h5,8,13-15,22H,1-4,6-7,9-12H2/t15-/m0/s1. The highest BCUT2D eigenvalue weighted by Gasteiger charge is 2.35. The summed E-state index contributed by atoms with van der Waals surface area (Å²) in [6.45, 7) is 2.46. The number of hydrogen-bond donors (Lipinski definition) is 1. The van der Waals surface area contributed by atoms with Gasteiger partial charge in [-0.3, -0.25) is 4.68 Å². The number of aliphatic hydroxyl groups excluding tert-OH is 1. The molecule has 6 heteroatoms. The first-order valence-electron chi connectivity index (χ1n) is 8.97. The van der Waals surface area contributed by atoms with E-state index < -0.39 is 0 Å². The smallest absolute Gasteiger partial charge is 0.320 e. The number of amides is 2. The maximum absolute atomic E-state index is 12.7. The van der Waals surface area contributed by atoms with E-state index in [-0.39, 0.29) is 18.7 Å². The summed E-state index contributed by atoms with van der Waals surface area (Å²) in [5, 5.41) is 14.0. The molecule has 1 N–H and O–H groups in total. The predicted molar refractivity (Wildman–Crippen MR) is 86.3 cm³/mol. The topological polar surface area (TPSA) is 61.6 Å². The van der Waals surface area contributed by atoms with Gasteiger partial charge < -0.3 is 14.9 Å². The zero-order chi connectivity index (χ0) is 15.8. The van der Waals surface area contributed by atoms with Gasteiger partial charge >= 0.3 is 6.03 Å². The molecule has 2 saturated heterocycles. The minimum atomic E-state index is 0.0211. The fraction of sp³-hybridized carbons (Fsp3) is 0.765. The fourth-order valence-electron chi connectivity index (χ4n) is 4.09. The summed E-state index contributed by atoms with van der Waals surface area (Å²) in [4.78, 5) is 16.5. The number of aliphatic hydroxyl groups is 1. The van der Waals surface area contributed by atoms with Crippen molar-refractivity contribution in [2.24, 2.45) is 0 Å². The largest absolute Gasteiger partial charge is 0.394 e. The second-order valence-electron chi connectivity index (χ2n) is 7.15. The van der Waals surface area contributed by atoms with Gasteiger partial charge in [0.15, 0.2) is 0 Å². The monoisotopic (exact) mass is 318 g/mol. The Kier molecular flexibility index (Phi) is 4.01. The van der Waals surface area contributed by atoms with Gasteiger partial charge in [0.25, 0.3) is 0 Å². The molecule has 2 amide bonds. The lowest BCUT2D eigenvalue weighted by atomic mass is 10.0. The molecule has 1 atom stereocenters. The molecule has 0 bridgehead atoms. The van der Waals surface area contributed by atoms with Gasteiger partial charge in [0.1, 0.15) is 0 Å². The van der Waals surface area contributed by atoms with Crippen molar-refractivity contribution in [1.82, 2.24) is 19.6 Å². The highest BCUT2D eigenvalue weighted by Crippen LogP contribution is 2.41. The van der Waals surface area contributed by atoms with Crippen molar-refractivity contribution in [3.05, 3.63) is 18.0 Å². The van der Waals surface area contributed by atoms with Gasteiger partial charge in [0, 0.05) is 37.4 Å². The molecule has 1 aliphatic carbocycles. The Balaban J connectivity index is 1.37. The molecule has 0 radical (unpaired) electrons. The van der Waals surface area contributed by atoms with Crippen LogP contribution in [0.3, 0.4) is 0 Å². The van der Waals surface area contributed by atoms with E-state index in [9.17, 15) is 9.90 Å². The van der Waals surface area contributed by atoms with E-state index in [0.29, 0.717) is 12.0 Å². The van der Waals surface area contributed by atoms with Crippen molar-refractivity contribution in [3.8, 4) is 0 Å². The molecule has 3 heterocycles. The number of piperidine rings is 1. The molecule has 6 nitrogen and oxygen atoms in total. The third-order valence-electron chi connectivity index (χ3n) is 5.61. The molecule has 1 aromatic heterocycles. The zero-order valence-electron chi connectivity index (χ0n) is 13.6. The Morgan fingerprint density at radius 3 is 2.65 bits per heavy atom. The maximum Gasteiger partial charge on any atom is 0.320 e. The first-order valence-corrected chi connectivity index (χ1v) is 8.97. The van der Waals surface area contributed by atoms with Gasteiger partial charge in [-0.25, -0.2) is 4.79 Å². The lowest BCUT2D eigenvalue weighted by molar-refractivity contribution is 0.111. The number of aromatic nitrogens is 2. The Morgan fingerprint density at radius 2 is 1.96 bits per heavy atom. The third kappa shape index (κ3) is 2.84. The van der Waals surface area contributed by atoms with Crippen LogP contribution < -0.4 is 0 Å². The Morgan fingerprint density at radius 1 is 1.17 bits per heavy atom. The van der Waals surface area contributed by atoms with Crippen molar-refractivity contribution < 1.29 is 9.90 Å². The van der Waals surface area contributed by atoms with E-state index in [1.165, 1.54) is 18.5 Å². The van der Waals surface area contributed by atoms with Crippen LogP contribution in [0.15, 0.2) is 12.3 Å². The predicted octanol–water partition coefficient (Wildman–Crippen LogP) is 1.97. The summed E-state index contributed by atoms with van der Waals surface area (Å²) in [6, 6.07) is 2.72. The van der Waals surface area contributed by atoms with E-state index in [2.05, 4.69) is 15.8 Å². The number of rotatable bonds is 3. The van der Waals surface area contributed by atoms with Crippen LogP contribution in [0.25, 0.3) is 0 Å². The van der Waals surface area contributed by atoms with Crippen LogP contribution in [0.5, 0.6) is 0 Å². The quantitative estimate of drug-likeness (QED) is 0.927. The van der Waals surface area contributed by atoms with Crippen LogP contribution in [0.1, 0.15) is 56.2 Å². The van der Waals surface area contributed by atoms with Gasteiger partial charge in [-0.2, -0.15) is 5.10 Å². The van der Waals surface area contributed by atoms with Crippen LogP contribution in [0.2, 0.25) is 0 Å². The van der Waals surface area contributed by atoms with E-state index in [4.69, 9.17) is 0 Å². The van der Waals surface area contributed by atoms with Crippen LogP contribution in [0.4, 0.5) is 4.79 Å². The highest BCUT2D eigenvalue weighted by atomic mass is 16.3. The molecule has 2 aliphatic heterocycles. The molecular weight excluding hydrogens is 292 g/mol. The van der Waals surface area contributed by atoms with Crippen LogP contribution in [-0.4, -0.2) is 63.0 Å². The molecule has 4 rings (SSSR count). The Bertz CT molecular complexity index is 561. The average molecular weight is 318 g/mol. The SMILES string of the molecule is O=C(N1CCC(n2nccc2C2CC2)CC1)N1CCC[C@H]1CO. The molecule has 0 spiro atoms. The molecule has 0 aromatic carbocycles. The molecule has 23 heavy (non-hydrogen) atoms. The summed E-state index contributed by atoms with van der Waals surface area (Å²) in [5.74, 6) is 0.715. The second kappa shape index (κ2) is 6.15. The molecule has 3 fully saturated rings. The minimum Gasteiger partial charge on any atom is -0.394 e. The Labute approximate surface area is 137 Å². The first kappa shape index (κ1) is 15.0. The van der Waals surface area contributed by atoms with E-state index in [1.807, 2.05) is 16.0 Å². The molecule has 3 aliphatic rings. The maximum atomic E-state index is 12.7. The second-order valence-corrected chi connectivity index (χ2v) is 7.15. The summed E-state index contributed by atoms with van der Waals surface area (Å²) in [5.41, 5.74) is 1.38. The van der Waals surface area contributed by atoms with Crippen LogP contribution in [-0.2, 0) is 0 Å². The third-order valence-corrected chi connectivity index (χ3v) is 5.61. The van der Waals surface area contributed by atoms with E-state index in [1.54, 1.807) is 0 Å². The Hall–Kier alpha value is -1.56. The number of carbonyl (C=O) groups excluding carboxylic acids is 1. The van der Waals surface area contributed by atoms with E-state index in [0.717, 1.165) is 45.3 Å². The molecule has 0 unspecified atom stereocenters. The van der Waals surface area contributed by atoms with Gasteiger partial charge in [0.2, 0.25) is 0 Å². The number of carbonyl (C=O) groups is 1. The summed E-state index contributed by atoms with van der Waals surface area (Å²) in [6.07, 6.45) is 8.39. The van der Waals surface area contributed by atoms with Crippen LogP contribution in [0, 0.1) is 0 Å². The van der Waals surface area contributed by atoms with E-state index >= 15 is 0 Å². The molecule has 126 valence electrons. The van der Waals surface area contributed by atoms with Gasteiger partial charge in [0.05, 0.1) is 18.7 Å². The lowest BCUT2D eigenvalue weighted by Gasteiger charge is -2.36. The van der Waals surface area contributed by atoms with Crippen molar-refractivity contribution in [3.63, 3.8) is 0 Å². The zero-order valence-corrected chi connectivity index (χ0v) is 13.6. The first-order chi connectivity index (χ1) is 11.3. The fourth-order valence-corrected chi connectivity index (χ4v) is 4.09. The number of likely N-dealkylation sites (tertiary alicyclic amines) is 2. The number of urea groups is 1. The summed E-state index contributed by atoms with van der Waals surface area (Å²) >= 11 is 0.